The van der Waals surface area contributed by atoms with Crippen molar-refractivity contribution in [2.45, 2.75) is 32.2 Å². The molecule has 0 atom stereocenters. The Labute approximate surface area is 135 Å². The van der Waals surface area contributed by atoms with Crippen molar-refractivity contribution >= 4 is 17.7 Å². The smallest absolute Gasteiger partial charge is 0.322 e. The zero-order valence-electron chi connectivity index (χ0n) is 13.0. The normalized spacial score (nSPS) is 13.6. The highest BCUT2D eigenvalue weighted by molar-refractivity contribution is 5.72. The Kier molecular flexibility index (Phi) is 4.41. The summed E-state index contributed by atoms with van der Waals surface area (Å²) in [5, 5.41) is 14.9. The third kappa shape index (κ3) is 4.18. The molecule has 1 saturated carbocycles. The van der Waals surface area contributed by atoms with Crippen molar-refractivity contribution in [1.82, 2.24) is 9.97 Å². The molecule has 6 heteroatoms. The molecule has 0 aliphatic heterocycles. The second kappa shape index (κ2) is 6.64. The first-order valence-corrected chi connectivity index (χ1v) is 7.75. The lowest BCUT2D eigenvalue weighted by Gasteiger charge is -2.11. The van der Waals surface area contributed by atoms with E-state index in [2.05, 4.69) is 39.7 Å². The van der Waals surface area contributed by atoms with E-state index >= 15 is 0 Å². The number of aliphatic carboxylic acids is 1. The maximum Gasteiger partial charge on any atom is 0.322 e. The molecule has 6 nitrogen and oxygen atoms in total. The second-order valence-electron chi connectivity index (χ2n) is 5.80. The molecule has 3 N–H and O–H groups in total. The lowest BCUT2D eigenvalue weighted by Crippen LogP contribution is -2.15. The van der Waals surface area contributed by atoms with Crippen LogP contribution in [0.1, 0.15) is 35.6 Å². The minimum Gasteiger partial charge on any atom is -0.480 e. The molecule has 0 radical (unpaired) electrons. The number of carboxylic acids is 1. The summed E-state index contributed by atoms with van der Waals surface area (Å²) in [5.74, 6) is 0.629. The van der Waals surface area contributed by atoms with E-state index in [4.69, 9.17) is 5.11 Å². The molecule has 0 bridgehead atoms. The van der Waals surface area contributed by atoms with Gasteiger partial charge in [0.25, 0.3) is 0 Å². The standard InChI is InChI=1S/C17H20N4O2/c1-11-4-2-3-5-13(11)9-18-15-8-14(12-6-7-12)20-17(21-15)19-10-16(22)23/h2-5,8,12H,6-7,9-10H2,1H3,(H,22,23)(H2,18,19,20,21). The van der Waals surface area contributed by atoms with Gasteiger partial charge in [-0.05, 0) is 30.9 Å². The number of hydrogen-bond acceptors (Lipinski definition) is 5. The number of hydrogen-bond donors (Lipinski definition) is 3. The van der Waals surface area contributed by atoms with Crippen LogP contribution in [0.4, 0.5) is 11.8 Å². The molecule has 2 aromatic rings. The van der Waals surface area contributed by atoms with Crippen molar-refractivity contribution in [2.24, 2.45) is 0 Å². The Bertz CT molecular complexity index is 713. The van der Waals surface area contributed by atoms with Crippen molar-refractivity contribution in [1.29, 1.82) is 0 Å². The van der Waals surface area contributed by atoms with E-state index in [-0.39, 0.29) is 6.54 Å². The third-order valence-corrected chi connectivity index (χ3v) is 3.86. The molecule has 0 spiro atoms. The van der Waals surface area contributed by atoms with E-state index in [1.54, 1.807) is 0 Å². The van der Waals surface area contributed by atoms with Gasteiger partial charge in [-0.2, -0.15) is 4.98 Å². The number of nitrogens with zero attached hydrogens (tertiary/aromatic N) is 2. The van der Waals surface area contributed by atoms with E-state index < -0.39 is 5.97 Å². The number of nitrogens with one attached hydrogen (secondary N) is 2. The van der Waals surface area contributed by atoms with Crippen molar-refractivity contribution in [3.05, 3.63) is 47.2 Å². The Hall–Kier alpha value is -2.63. The minimum absolute atomic E-state index is 0.189. The lowest BCUT2D eigenvalue weighted by molar-refractivity contribution is -0.134. The van der Waals surface area contributed by atoms with Crippen LogP contribution in [0.25, 0.3) is 0 Å². The second-order valence-corrected chi connectivity index (χ2v) is 5.80. The van der Waals surface area contributed by atoms with Gasteiger partial charge in [-0.15, -0.1) is 0 Å². The summed E-state index contributed by atoms with van der Waals surface area (Å²) in [6.45, 7) is 2.56. The van der Waals surface area contributed by atoms with Crippen molar-refractivity contribution in [3.63, 3.8) is 0 Å². The van der Waals surface area contributed by atoms with Gasteiger partial charge in [0.15, 0.2) is 0 Å². The van der Waals surface area contributed by atoms with Gasteiger partial charge >= 0.3 is 5.97 Å². The molecule has 0 amide bonds. The third-order valence-electron chi connectivity index (χ3n) is 3.86. The summed E-state index contributed by atoms with van der Waals surface area (Å²) < 4.78 is 0. The molecule has 1 fully saturated rings. The van der Waals surface area contributed by atoms with Crippen LogP contribution >= 0.6 is 0 Å². The SMILES string of the molecule is Cc1ccccc1CNc1cc(C2CC2)nc(NCC(=O)O)n1. The van der Waals surface area contributed by atoms with Gasteiger partial charge in [0, 0.05) is 18.5 Å². The summed E-state index contributed by atoms with van der Waals surface area (Å²) in [7, 11) is 0. The maximum absolute atomic E-state index is 10.7. The van der Waals surface area contributed by atoms with Crippen LogP contribution in [0.3, 0.4) is 0 Å². The lowest BCUT2D eigenvalue weighted by atomic mass is 10.1. The largest absolute Gasteiger partial charge is 0.480 e. The number of rotatable bonds is 7. The number of carboxylic acid groups (broad SMARTS) is 1. The van der Waals surface area contributed by atoms with Gasteiger partial charge in [0.05, 0.1) is 5.69 Å². The molecule has 1 aromatic carbocycles. The minimum atomic E-state index is -0.931. The molecule has 3 rings (SSSR count). The number of carbonyl (C=O) groups is 1. The number of anilines is 2. The van der Waals surface area contributed by atoms with Crippen LogP contribution in [0, 0.1) is 6.92 Å². The molecular weight excluding hydrogens is 292 g/mol. The molecule has 1 heterocycles. The van der Waals surface area contributed by atoms with Crippen molar-refractivity contribution in [2.75, 3.05) is 17.2 Å². The van der Waals surface area contributed by atoms with Gasteiger partial charge in [0.1, 0.15) is 12.4 Å². The summed E-state index contributed by atoms with van der Waals surface area (Å²) in [4.78, 5) is 19.5. The zero-order valence-corrected chi connectivity index (χ0v) is 13.0. The van der Waals surface area contributed by atoms with Crippen molar-refractivity contribution in [3.8, 4) is 0 Å². The Balaban J connectivity index is 1.74. The van der Waals surface area contributed by atoms with E-state index in [1.807, 2.05) is 18.2 Å². The topological polar surface area (TPSA) is 87.1 Å². The fourth-order valence-corrected chi connectivity index (χ4v) is 2.37. The first-order chi connectivity index (χ1) is 11.1. The van der Waals surface area contributed by atoms with Gasteiger partial charge < -0.3 is 15.7 Å². The highest BCUT2D eigenvalue weighted by Crippen LogP contribution is 2.39. The van der Waals surface area contributed by atoms with Crippen LogP contribution in [0.5, 0.6) is 0 Å². The zero-order chi connectivity index (χ0) is 16.2. The highest BCUT2D eigenvalue weighted by atomic mass is 16.4. The summed E-state index contributed by atoms with van der Waals surface area (Å²) in [5.41, 5.74) is 3.40. The first kappa shape index (κ1) is 15.3. The van der Waals surface area contributed by atoms with Gasteiger partial charge in [-0.1, -0.05) is 24.3 Å². The molecule has 1 aliphatic carbocycles. The maximum atomic E-state index is 10.7. The highest BCUT2D eigenvalue weighted by Gasteiger charge is 2.26. The average molecular weight is 312 g/mol. The van der Waals surface area contributed by atoms with Gasteiger partial charge in [-0.25, -0.2) is 4.98 Å². The molecule has 120 valence electrons. The molecule has 23 heavy (non-hydrogen) atoms. The molecule has 0 saturated heterocycles. The summed E-state index contributed by atoms with van der Waals surface area (Å²) >= 11 is 0. The predicted octanol–water partition coefficient (Wildman–Crippen LogP) is 2.77. The molecule has 1 aromatic heterocycles. The van der Waals surface area contributed by atoms with Gasteiger partial charge in [-0.3, -0.25) is 4.79 Å². The Morgan fingerprint density at radius 3 is 2.74 bits per heavy atom. The van der Waals surface area contributed by atoms with E-state index in [1.165, 1.54) is 11.1 Å². The Morgan fingerprint density at radius 2 is 2.04 bits per heavy atom. The van der Waals surface area contributed by atoms with Crippen LogP contribution < -0.4 is 10.6 Å². The predicted molar refractivity (Wildman–Crippen MR) is 88.6 cm³/mol. The monoisotopic (exact) mass is 312 g/mol. The van der Waals surface area contributed by atoms with E-state index in [0.717, 1.165) is 24.4 Å². The quantitative estimate of drug-likeness (QED) is 0.729. The van der Waals surface area contributed by atoms with Crippen LogP contribution in [0.15, 0.2) is 30.3 Å². The van der Waals surface area contributed by atoms with E-state index in [9.17, 15) is 4.79 Å². The number of aromatic nitrogens is 2. The fourth-order valence-electron chi connectivity index (χ4n) is 2.37. The molecular formula is C17H20N4O2. The fraction of sp³-hybridized carbons (Fsp3) is 0.353. The van der Waals surface area contributed by atoms with Gasteiger partial charge in [0.2, 0.25) is 5.95 Å². The van der Waals surface area contributed by atoms with Crippen LogP contribution in [-0.2, 0) is 11.3 Å². The molecule has 0 unspecified atom stereocenters. The Morgan fingerprint density at radius 1 is 1.26 bits per heavy atom. The van der Waals surface area contributed by atoms with Crippen molar-refractivity contribution < 1.29 is 9.90 Å². The summed E-state index contributed by atoms with van der Waals surface area (Å²) in [6.07, 6.45) is 2.26. The molecule has 1 aliphatic rings. The van der Waals surface area contributed by atoms with Crippen LogP contribution in [0.2, 0.25) is 0 Å². The van der Waals surface area contributed by atoms with E-state index in [0.29, 0.717) is 18.4 Å². The van der Waals surface area contributed by atoms with Crippen LogP contribution in [-0.4, -0.2) is 27.6 Å². The number of benzene rings is 1. The first-order valence-electron chi connectivity index (χ1n) is 7.75. The average Bonchev–Trinajstić information content (AvgIpc) is 3.37. The summed E-state index contributed by atoms with van der Waals surface area (Å²) in [6, 6.07) is 10.1. The number of aryl methyl sites for hydroxylation is 1.